The van der Waals surface area contributed by atoms with E-state index >= 15 is 0 Å². The first-order valence-corrected chi connectivity index (χ1v) is 11.5. The molecule has 0 amide bonds. The quantitative estimate of drug-likeness (QED) is 0.663. The van der Waals surface area contributed by atoms with Gasteiger partial charge in [0.1, 0.15) is 15.6 Å². The van der Waals surface area contributed by atoms with Crippen LogP contribution in [0.15, 0.2) is 40.9 Å². The fourth-order valence-electron chi connectivity index (χ4n) is 3.20. The monoisotopic (exact) mass is 471 g/mol. The smallest absolute Gasteiger partial charge is 0.282 e. The Morgan fingerprint density at radius 2 is 2.00 bits per heavy atom. The van der Waals surface area contributed by atoms with Crippen molar-refractivity contribution < 1.29 is 27.7 Å². The third kappa shape index (κ3) is 4.37. The average Bonchev–Trinajstić information content (AvgIpc) is 2.94. The van der Waals surface area contributed by atoms with Crippen LogP contribution in [0.4, 0.5) is 5.69 Å². The number of halogens is 1. The molecule has 3 rings (SSSR count). The molecule has 0 spiro atoms. The van der Waals surface area contributed by atoms with Crippen LogP contribution >= 0.6 is 15.9 Å². The highest BCUT2D eigenvalue weighted by Crippen LogP contribution is 2.44. The van der Waals surface area contributed by atoms with Crippen molar-refractivity contribution in [2.24, 2.45) is 0 Å². The van der Waals surface area contributed by atoms with Crippen molar-refractivity contribution in [1.29, 1.82) is 0 Å². The van der Waals surface area contributed by atoms with Crippen molar-refractivity contribution in [1.82, 2.24) is 0 Å². The van der Waals surface area contributed by atoms with E-state index in [1.807, 2.05) is 13.0 Å². The summed E-state index contributed by atoms with van der Waals surface area (Å²) in [5.74, 6) is 1.32. The number of methoxy groups -OCH3 is 1. The summed E-state index contributed by atoms with van der Waals surface area (Å²) in [6.45, 7) is 2.29. The highest BCUT2D eigenvalue weighted by atomic mass is 79.9. The Kier molecular flexibility index (Phi) is 6.07. The lowest BCUT2D eigenvalue weighted by Crippen LogP contribution is -2.40. The molecule has 1 unspecified atom stereocenters. The van der Waals surface area contributed by atoms with E-state index in [4.69, 9.17) is 14.2 Å². The number of hydrogen-bond acceptors (Lipinski definition) is 7. The van der Waals surface area contributed by atoms with E-state index < -0.39 is 22.3 Å². The summed E-state index contributed by atoms with van der Waals surface area (Å²) < 4.78 is 41.6. The number of aliphatic hydroxyl groups is 1. The van der Waals surface area contributed by atoms with Gasteiger partial charge >= 0.3 is 0 Å². The highest BCUT2D eigenvalue weighted by molar-refractivity contribution is 9.10. The van der Waals surface area contributed by atoms with Crippen LogP contribution in [0.5, 0.6) is 17.2 Å². The van der Waals surface area contributed by atoms with Gasteiger partial charge in [-0.05, 0) is 42.8 Å². The standard InChI is InChI=1S/C19H22BrNO6S/c1-4-26-18-9-12(5-8-16(18)25-2)15(11-28(3,23)24)21-14-7-6-13(20)10-17(14)27-19(21)22/h5-10,15,19,22H,4,11H2,1-3H3/t15-,19?/m1/s1. The number of hydrogen-bond donors (Lipinski definition) is 1. The van der Waals surface area contributed by atoms with Gasteiger partial charge in [0.05, 0.1) is 31.2 Å². The molecule has 0 saturated carbocycles. The van der Waals surface area contributed by atoms with Crippen LogP contribution in [-0.2, 0) is 9.84 Å². The fourth-order valence-corrected chi connectivity index (χ4v) is 4.47. The molecule has 9 heteroatoms. The zero-order chi connectivity index (χ0) is 20.5. The SMILES string of the molecule is CCOc1cc([C@@H](CS(C)(=O)=O)N2c3ccc(Br)cc3OC2O)ccc1OC. The Hall–Kier alpha value is -1.97. The number of rotatable bonds is 7. The number of benzene rings is 2. The van der Waals surface area contributed by atoms with E-state index in [9.17, 15) is 13.5 Å². The van der Waals surface area contributed by atoms with Gasteiger partial charge in [0.15, 0.2) is 11.5 Å². The molecule has 0 aliphatic carbocycles. The molecule has 0 fully saturated rings. The maximum Gasteiger partial charge on any atom is 0.282 e. The summed E-state index contributed by atoms with van der Waals surface area (Å²) in [4.78, 5) is 1.56. The van der Waals surface area contributed by atoms with Crippen LogP contribution in [0.2, 0.25) is 0 Å². The number of anilines is 1. The van der Waals surface area contributed by atoms with Crippen molar-refractivity contribution >= 4 is 31.5 Å². The average molecular weight is 472 g/mol. The van der Waals surface area contributed by atoms with Gasteiger partial charge in [-0.25, -0.2) is 8.42 Å². The van der Waals surface area contributed by atoms with Crippen molar-refractivity contribution in [2.75, 3.05) is 30.6 Å². The number of ether oxygens (including phenoxy) is 3. The van der Waals surface area contributed by atoms with Crippen molar-refractivity contribution in [2.45, 2.75) is 19.4 Å². The molecule has 0 aromatic heterocycles. The van der Waals surface area contributed by atoms with Gasteiger partial charge in [-0.3, -0.25) is 0 Å². The second kappa shape index (κ2) is 8.18. The normalized spacial score (nSPS) is 17.0. The molecule has 1 aliphatic heterocycles. The zero-order valence-corrected chi connectivity index (χ0v) is 18.2. The second-order valence-corrected chi connectivity index (χ2v) is 9.52. The lowest BCUT2D eigenvalue weighted by atomic mass is 10.1. The highest BCUT2D eigenvalue weighted by Gasteiger charge is 2.37. The van der Waals surface area contributed by atoms with E-state index in [0.717, 1.165) is 4.47 Å². The Morgan fingerprint density at radius 1 is 1.25 bits per heavy atom. The Labute approximate surface area is 172 Å². The van der Waals surface area contributed by atoms with Crippen molar-refractivity contribution in [3.8, 4) is 17.2 Å². The first kappa shape index (κ1) is 20.8. The topological polar surface area (TPSA) is 85.3 Å². The Bertz CT molecular complexity index is 965. The van der Waals surface area contributed by atoms with E-state index in [0.29, 0.717) is 35.1 Å². The van der Waals surface area contributed by atoms with Crippen LogP contribution in [0, 0.1) is 0 Å². The molecule has 2 atom stereocenters. The summed E-state index contributed by atoms with van der Waals surface area (Å²) >= 11 is 3.37. The molecule has 1 N–H and O–H groups in total. The number of aliphatic hydroxyl groups excluding tert-OH is 1. The van der Waals surface area contributed by atoms with Crippen molar-refractivity contribution in [3.05, 3.63) is 46.4 Å². The minimum atomic E-state index is -3.37. The summed E-state index contributed by atoms with van der Waals surface area (Å²) in [5, 5.41) is 10.5. The number of fused-ring (bicyclic) bond motifs is 1. The summed E-state index contributed by atoms with van der Waals surface area (Å²) in [6, 6.07) is 9.86. The van der Waals surface area contributed by atoms with E-state index in [2.05, 4.69) is 15.9 Å². The third-order valence-corrected chi connectivity index (χ3v) is 5.75. The molecule has 1 heterocycles. The minimum absolute atomic E-state index is 0.208. The third-order valence-electron chi connectivity index (χ3n) is 4.34. The fraction of sp³-hybridized carbons (Fsp3) is 0.368. The number of sulfone groups is 1. The summed E-state index contributed by atoms with van der Waals surface area (Å²) in [6.07, 6.45) is -0.146. The lowest BCUT2D eigenvalue weighted by molar-refractivity contribution is -0.00745. The number of nitrogens with zero attached hydrogens (tertiary/aromatic N) is 1. The van der Waals surface area contributed by atoms with Crippen LogP contribution in [-0.4, -0.2) is 45.7 Å². The van der Waals surface area contributed by atoms with Crippen LogP contribution < -0.4 is 19.1 Å². The Balaban J connectivity index is 2.10. The maximum absolute atomic E-state index is 12.2. The molecular weight excluding hydrogens is 450 g/mol. The van der Waals surface area contributed by atoms with E-state index in [-0.39, 0.29) is 5.75 Å². The summed E-state index contributed by atoms with van der Waals surface area (Å²) in [5.41, 5.74) is 1.27. The van der Waals surface area contributed by atoms with Gasteiger partial charge in [0.2, 0.25) is 0 Å². The van der Waals surface area contributed by atoms with E-state index in [1.165, 1.54) is 13.4 Å². The predicted octanol–water partition coefficient (Wildman–Crippen LogP) is 3.12. The van der Waals surface area contributed by atoms with Crippen molar-refractivity contribution in [3.63, 3.8) is 0 Å². The molecule has 0 bridgehead atoms. The van der Waals surface area contributed by atoms with Gasteiger partial charge < -0.3 is 24.2 Å². The van der Waals surface area contributed by atoms with Crippen LogP contribution in [0.3, 0.4) is 0 Å². The van der Waals surface area contributed by atoms with Crippen LogP contribution in [0.25, 0.3) is 0 Å². The molecule has 0 radical (unpaired) electrons. The predicted molar refractivity (Wildman–Crippen MR) is 110 cm³/mol. The van der Waals surface area contributed by atoms with Gasteiger partial charge in [-0.15, -0.1) is 0 Å². The molecule has 152 valence electrons. The van der Waals surface area contributed by atoms with E-state index in [1.54, 1.807) is 35.2 Å². The van der Waals surface area contributed by atoms with Gasteiger partial charge in [0, 0.05) is 10.7 Å². The summed E-state index contributed by atoms with van der Waals surface area (Å²) in [7, 11) is -1.83. The Morgan fingerprint density at radius 3 is 2.64 bits per heavy atom. The first-order valence-electron chi connectivity index (χ1n) is 8.64. The van der Waals surface area contributed by atoms with Gasteiger partial charge in [0.25, 0.3) is 6.41 Å². The van der Waals surface area contributed by atoms with Crippen LogP contribution in [0.1, 0.15) is 18.5 Å². The second-order valence-electron chi connectivity index (χ2n) is 6.41. The molecule has 0 saturated heterocycles. The molecule has 1 aliphatic rings. The molecular formula is C19H22BrNO6S. The minimum Gasteiger partial charge on any atom is -0.493 e. The first-order chi connectivity index (χ1) is 13.2. The maximum atomic E-state index is 12.2. The van der Waals surface area contributed by atoms with Gasteiger partial charge in [-0.1, -0.05) is 22.0 Å². The molecule has 28 heavy (non-hydrogen) atoms. The largest absolute Gasteiger partial charge is 0.493 e. The molecule has 7 nitrogen and oxygen atoms in total. The van der Waals surface area contributed by atoms with Gasteiger partial charge in [-0.2, -0.15) is 0 Å². The zero-order valence-electron chi connectivity index (χ0n) is 15.8. The molecule has 2 aromatic rings. The molecule has 2 aromatic carbocycles. The lowest BCUT2D eigenvalue weighted by Gasteiger charge is -2.31.